The molecule has 138 valence electrons. The SMILES string of the molecule is COc1ccc(OC)c(CCC(=O)NC2(C(=O)O)CCC(C)CC2)c1. The van der Waals surface area contributed by atoms with E-state index < -0.39 is 11.5 Å². The van der Waals surface area contributed by atoms with Gasteiger partial charge < -0.3 is 19.9 Å². The Kier molecular flexibility index (Phi) is 6.28. The van der Waals surface area contributed by atoms with Crippen LogP contribution in [-0.4, -0.2) is 36.7 Å². The van der Waals surface area contributed by atoms with E-state index in [1.807, 2.05) is 6.07 Å². The molecule has 1 aromatic carbocycles. The molecule has 25 heavy (non-hydrogen) atoms. The molecule has 0 radical (unpaired) electrons. The number of aliphatic carboxylic acids is 1. The first-order valence-corrected chi connectivity index (χ1v) is 8.65. The van der Waals surface area contributed by atoms with E-state index >= 15 is 0 Å². The van der Waals surface area contributed by atoms with Gasteiger partial charge >= 0.3 is 5.97 Å². The first kappa shape index (κ1) is 19.1. The van der Waals surface area contributed by atoms with Crippen LogP contribution < -0.4 is 14.8 Å². The van der Waals surface area contributed by atoms with Gasteiger partial charge in [0.2, 0.25) is 5.91 Å². The smallest absolute Gasteiger partial charge is 0.329 e. The van der Waals surface area contributed by atoms with Gasteiger partial charge in [0.15, 0.2) is 0 Å². The number of carboxylic acids is 1. The number of nitrogens with one attached hydrogen (secondary N) is 1. The Labute approximate surface area is 148 Å². The van der Waals surface area contributed by atoms with Crippen LogP contribution in [0.25, 0.3) is 0 Å². The molecule has 0 spiro atoms. The minimum Gasteiger partial charge on any atom is -0.497 e. The maximum Gasteiger partial charge on any atom is 0.329 e. The first-order valence-electron chi connectivity index (χ1n) is 8.65. The van der Waals surface area contributed by atoms with Crippen molar-refractivity contribution in [1.82, 2.24) is 5.32 Å². The summed E-state index contributed by atoms with van der Waals surface area (Å²) in [5.41, 5.74) is -0.263. The van der Waals surface area contributed by atoms with E-state index in [0.29, 0.717) is 36.7 Å². The van der Waals surface area contributed by atoms with Gasteiger partial charge in [-0.1, -0.05) is 6.92 Å². The van der Waals surface area contributed by atoms with E-state index in [9.17, 15) is 14.7 Å². The average molecular weight is 349 g/mol. The summed E-state index contributed by atoms with van der Waals surface area (Å²) in [6.07, 6.45) is 3.26. The van der Waals surface area contributed by atoms with Gasteiger partial charge in [-0.05, 0) is 61.8 Å². The molecule has 1 aromatic rings. The Morgan fingerprint density at radius 1 is 1.24 bits per heavy atom. The fourth-order valence-electron chi connectivity index (χ4n) is 3.30. The zero-order valence-corrected chi connectivity index (χ0v) is 15.1. The molecule has 2 rings (SSSR count). The topological polar surface area (TPSA) is 84.9 Å². The third kappa shape index (κ3) is 4.65. The molecule has 0 aliphatic heterocycles. The number of hydrogen-bond donors (Lipinski definition) is 2. The van der Waals surface area contributed by atoms with Gasteiger partial charge in [-0.2, -0.15) is 0 Å². The van der Waals surface area contributed by atoms with Crippen molar-refractivity contribution in [2.45, 2.75) is 51.0 Å². The van der Waals surface area contributed by atoms with Gasteiger partial charge in [0.1, 0.15) is 17.0 Å². The van der Waals surface area contributed by atoms with E-state index in [4.69, 9.17) is 9.47 Å². The van der Waals surface area contributed by atoms with Gasteiger partial charge in [0, 0.05) is 6.42 Å². The van der Waals surface area contributed by atoms with E-state index in [0.717, 1.165) is 18.4 Å². The van der Waals surface area contributed by atoms with E-state index in [2.05, 4.69) is 12.2 Å². The molecule has 0 saturated heterocycles. The molecule has 0 unspecified atom stereocenters. The molecule has 1 amide bonds. The molecule has 0 atom stereocenters. The lowest BCUT2D eigenvalue weighted by Gasteiger charge is -2.36. The van der Waals surface area contributed by atoms with Crippen LogP contribution in [0.1, 0.15) is 44.6 Å². The van der Waals surface area contributed by atoms with Crippen molar-refractivity contribution >= 4 is 11.9 Å². The van der Waals surface area contributed by atoms with Crippen LogP contribution >= 0.6 is 0 Å². The minimum absolute atomic E-state index is 0.202. The standard InChI is InChI=1S/C19H27NO5/c1-13-8-10-19(11-9-13,18(22)23)20-17(21)7-4-14-12-15(24-2)5-6-16(14)25-3/h5-6,12-13H,4,7-11H2,1-3H3,(H,20,21)(H,22,23). The van der Waals surface area contributed by atoms with Crippen molar-refractivity contribution in [1.29, 1.82) is 0 Å². The summed E-state index contributed by atoms with van der Waals surface area (Å²) >= 11 is 0. The molecular formula is C19H27NO5. The number of ether oxygens (including phenoxy) is 2. The maximum absolute atomic E-state index is 12.4. The molecule has 1 fully saturated rings. The van der Waals surface area contributed by atoms with Crippen molar-refractivity contribution in [2.24, 2.45) is 5.92 Å². The van der Waals surface area contributed by atoms with Crippen LogP contribution in [-0.2, 0) is 16.0 Å². The van der Waals surface area contributed by atoms with Crippen LogP contribution in [0.5, 0.6) is 11.5 Å². The third-order valence-corrected chi connectivity index (χ3v) is 5.02. The van der Waals surface area contributed by atoms with Gasteiger partial charge in [0.05, 0.1) is 14.2 Å². The second kappa shape index (κ2) is 8.23. The summed E-state index contributed by atoms with van der Waals surface area (Å²) in [6.45, 7) is 2.11. The lowest BCUT2D eigenvalue weighted by molar-refractivity contribution is -0.149. The highest BCUT2D eigenvalue weighted by atomic mass is 16.5. The number of rotatable bonds is 7. The lowest BCUT2D eigenvalue weighted by Crippen LogP contribution is -2.56. The zero-order chi connectivity index (χ0) is 18.4. The molecule has 0 heterocycles. The summed E-state index contributed by atoms with van der Waals surface area (Å²) in [6, 6.07) is 5.43. The second-order valence-corrected chi connectivity index (χ2v) is 6.80. The van der Waals surface area contributed by atoms with Gasteiger partial charge in [-0.3, -0.25) is 4.79 Å². The van der Waals surface area contributed by atoms with E-state index in [1.54, 1.807) is 26.4 Å². The molecule has 0 bridgehead atoms. The minimum atomic E-state index is -1.12. The van der Waals surface area contributed by atoms with Crippen molar-refractivity contribution in [3.63, 3.8) is 0 Å². The van der Waals surface area contributed by atoms with Crippen molar-refractivity contribution in [3.05, 3.63) is 23.8 Å². The Morgan fingerprint density at radius 3 is 2.48 bits per heavy atom. The van der Waals surface area contributed by atoms with Crippen LogP contribution in [0, 0.1) is 5.92 Å². The Bertz CT molecular complexity index is 620. The monoisotopic (exact) mass is 349 g/mol. The highest BCUT2D eigenvalue weighted by Gasteiger charge is 2.42. The van der Waals surface area contributed by atoms with Crippen LogP contribution in [0.15, 0.2) is 18.2 Å². The van der Waals surface area contributed by atoms with Gasteiger partial charge in [-0.25, -0.2) is 4.79 Å². The highest BCUT2D eigenvalue weighted by molar-refractivity contribution is 5.87. The number of carboxylic acid groups (broad SMARTS) is 1. The van der Waals surface area contributed by atoms with Crippen LogP contribution in [0.3, 0.4) is 0 Å². The number of aryl methyl sites for hydroxylation is 1. The first-order chi connectivity index (χ1) is 11.9. The fourth-order valence-corrected chi connectivity index (χ4v) is 3.30. The van der Waals surface area contributed by atoms with Crippen LogP contribution in [0.4, 0.5) is 0 Å². The summed E-state index contributed by atoms with van der Waals surface area (Å²) in [4.78, 5) is 24.1. The number of benzene rings is 1. The number of hydrogen-bond acceptors (Lipinski definition) is 4. The second-order valence-electron chi connectivity index (χ2n) is 6.80. The summed E-state index contributed by atoms with van der Waals surface area (Å²) in [5, 5.41) is 12.4. The zero-order valence-electron chi connectivity index (χ0n) is 15.1. The van der Waals surface area contributed by atoms with Crippen molar-refractivity contribution in [3.8, 4) is 11.5 Å². The molecule has 1 saturated carbocycles. The van der Waals surface area contributed by atoms with Crippen LogP contribution in [0.2, 0.25) is 0 Å². The molecule has 1 aliphatic rings. The highest BCUT2D eigenvalue weighted by Crippen LogP contribution is 2.32. The number of carbonyl (C=O) groups is 2. The fraction of sp³-hybridized carbons (Fsp3) is 0.579. The quantitative estimate of drug-likeness (QED) is 0.791. The molecule has 0 aromatic heterocycles. The number of amides is 1. The molecule has 6 nitrogen and oxygen atoms in total. The maximum atomic E-state index is 12.4. The summed E-state index contributed by atoms with van der Waals surface area (Å²) < 4.78 is 10.5. The van der Waals surface area contributed by atoms with Crippen molar-refractivity contribution < 1.29 is 24.2 Å². The van der Waals surface area contributed by atoms with E-state index in [1.165, 1.54) is 0 Å². The number of methoxy groups -OCH3 is 2. The van der Waals surface area contributed by atoms with Gasteiger partial charge in [0.25, 0.3) is 0 Å². The predicted molar refractivity (Wildman–Crippen MR) is 94.0 cm³/mol. The molecule has 6 heteroatoms. The molecular weight excluding hydrogens is 322 g/mol. The largest absolute Gasteiger partial charge is 0.497 e. The Morgan fingerprint density at radius 2 is 1.92 bits per heavy atom. The normalized spacial score (nSPS) is 22.9. The van der Waals surface area contributed by atoms with Gasteiger partial charge in [-0.15, -0.1) is 0 Å². The predicted octanol–water partition coefficient (Wildman–Crippen LogP) is 2.79. The third-order valence-electron chi connectivity index (χ3n) is 5.02. The summed E-state index contributed by atoms with van der Waals surface area (Å²) in [5.74, 6) is 0.700. The van der Waals surface area contributed by atoms with Crippen molar-refractivity contribution in [2.75, 3.05) is 14.2 Å². The molecule has 2 N–H and O–H groups in total. The number of carbonyl (C=O) groups excluding carboxylic acids is 1. The summed E-state index contributed by atoms with van der Waals surface area (Å²) in [7, 11) is 3.16. The lowest BCUT2D eigenvalue weighted by atomic mass is 9.77. The Balaban J connectivity index is 2.01. The average Bonchev–Trinajstić information content (AvgIpc) is 2.61. The van der Waals surface area contributed by atoms with E-state index in [-0.39, 0.29) is 12.3 Å². The Hall–Kier alpha value is -2.24. The molecule has 1 aliphatic carbocycles.